The maximum absolute atomic E-state index is 12.8. The van der Waals surface area contributed by atoms with Gasteiger partial charge in [0.05, 0.1) is 23.8 Å². The van der Waals surface area contributed by atoms with Gasteiger partial charge in [0.25, 0.3) is 0 Å². The van der Waals surface area contributed by atoms with Crippen LogP contribution in [0.5, 0.6) is 17.2 Å². The summed E-state index contributed by atoms with van der Waals surface area (Å²) in [6.07, 6.45) is 8.34. The zero-order valence-electron chi connectivity index (χ0n) is 17.7. The number of hydrogen-bond donors (Lipinski definition) is 2. The molecule has 2 aromatic rings. The Morgan fingerprint density at radius 1 is 0.967 bits per heavy atom. The van der Waals surface area contributed by atoms with Crippen molar-refractivity contribution in [3.8, 4) is 23.3 Å². The number of carbonyl (C=O) groups is 1. The molecule has 5 heteroatoms. The molecule has 0 aliphatic rings. The zero-order chi connectivity index (χ0) is 21.8. The van der Waals surface area contributed by atoms with Gasteiger partial charge in [0.2, 0.25) is 0 Å². The Kier molecular flexibility index (Phi) is 9.73. The molecule has 0 heterocycles. The Labute approximate surface area is 178 Å². The van der Waals surface area contributed by atoms with Crippen LogP contribution in [0, 0.1) is 11.3 Å². The van der Waals surface area contributed by atoms with Gasteiger partial charge in [-0.2, -0.15) is 5.26 Å². The molecule has 2 aromatic carbocycles. The molecule has 30 heavy (non-hydrogen) atoms. The van der Waals surface area contributed by atoms with Crippen LogP contribution in [0.1, 0.15) is 79.8 Å². The molecule has 0 radical (unpaired) electrons. The molecule has 0 atom stereocenters. The number of ether oxygens (including phenoxy) is 1. The van der Waals surface area contributed by atoms with Gasteiger partial charge >= 0.3 is 0 Å². The van der Waals surface area contributed by atoms with Crippen LogP contribution in [0.4, 0.5) is 0 Å². The molecule has 0 aliphatic heterocycles. The van der Waals surface area contributed by atoms with Crippen molar-refractivity contribution >= 4 is 5.78 Å². The summed E-state index contributed by atoms with van der Waals surface area (Å²) in [5.74, 6) is 0.0232. The second-order valence-electron chi connectivity index (χ2n) is 7.41. The lowest BCUT2D eigenvalue weighted by molar-refractivity contribution is 0.103. The van der Waals surface area contributed by atoms with Crippen LogP contribution in [0.3, 0.4) is 0 Å². The average molecular weight is 410 g/mol. The molecule has 5 nitrogen and oxygen atoms in total. The highest BCUT2D eigenvalue weighted by atomic mass is 16.5. The Bertz CT molecular complexity index is 870. The molecule has 0 spiro atoms. The molecular weight excluding hydrogens is 378 g/mol. The average Bonchev–Trinajstić information content (AvgIpc) is 2.74. The van der Waals surface area contributed by atoms with E-state index in [1.807, 2.05) is 6.92 Å². The number of hydrogen-bond acceptors (Lipinski definition) is 5. The molecule has 0 amide bonds. The lowest BCUT2D eigenvalue weighted by atomic mass is 9.97. The van der Waals surface area contributed by atoms with Crippen molar-refractivity contribution < 1.29 is 19.7 Å². The first-order chi connectivity index (χ1) is 14.6. The van der Waals surface area contributed by atoms with E-state index in [4.69, 9.17) is 10.00 Å². The van der Waals surface area contributed by atoms with Crippen molar-refractivity contribution in [2.45, 2.75) is 64.7 Å². The molecule has 0 fully saturated rings. The lowest BCUT2D eigenvalue weighted by Crippen LogP contribution is -2.06. The fourth-order valence-corrected chi connectivity index (χ4v) is 3.43. The van der Waals surface area contributed by atoms with Gasteiger partial charge in [0.1, 0.15) is 17.2 Å². The number of rotatable bonds is 13. The van der Waals surface area contributed by atoms with Gasteiger partial charge in [-0.1, -0.05) is 51.2 Å². The monoisotopic (exact) mass is 409 g/mol. The van der Waals surface area contributed by atoms with E-state index in [1.54, 1.807) is 30.3 Å². The first kappa shape index (κ1) is 23.3. The molecule has 2 rings (SSSR count). The Morgan fingerprint density at radius 2 is 1.67 bits per heavy atom. The molecule has 0 bridgehead atoms. The zero-order valence-corrected chi connectivity index (χ0v) is 17.7. The molecule has 0 aliphatic carbocycles. The summed E-state index contributed by atoms with van der Waals surface area (Å²) in [7, 11) is 0. The van der Waals surface area contributed by atoms with Crippen LogP contribution in [-0.4, -0.2) is 22.6 Å². The van der Waals surface area contributed by atoms with E-state index in [0.717, 1.165) is 44.9 Å². The van der Waals surface area contributed by atoms with E-state index in [0.29, 0.717) is 30.8 Å². The molecule has 0 saturated carbocycles. The van der Waals surface area contributed by atoms with Crippen LogP contribution in [0.25, 0.3) is 0 Å². The van der Waals surface area contributed by atoms with Gasteiger partial charge in [-0.3, -0.25) is 4.79 Å². The smallest absolute Gasteiger partial charge is 0.200 e. The van der Waals surface area contributed by atoms with Gasteiger partial charge in [-0.15, -0.1) is 0 Å². The van der Waals surface area contributed by atoms with Crippen molar-refractivity contribution in [1.82, 2.24) is 0 Å². The van der Waals surface area contributed by atoms with Gasteiger partial charge in [-0.05, 0) is 43.5 Å². The van der Waals surface area contributed by atoms with Gasteiger partial charge in [-0.25, -0.2) is 0 Å². The Morgan fingerprint density at radius 3 is 2.37 bits per heavy atom. The predicted molar refractivity (Wildman–Crippen MR) is 117 cm³/mol. The molecule has 0 unspecified atom stereocenters. The number of phenolic OH excluding ortho intramolecular Hbond substituents is 2. The fourth-order valence-electron chi connectivity index (χ4n) is 3.43. The first-order valence-electron chi connectivity index (χ1n) is 10.8. The van der Waals surface area contributed by atoms with Crippen LogP contribution in [-0.2, 0) is 6.42 Å². The molecule has 0 aromatic heterocycles. The van der Waals surface area contributed by atoms with Crippen molar-refractivity contribution in [2.75, 3.05) is 6.61 Å². The van der Waals surface area contributed by atoms with E-state index in [2.05, 4.69) is 6.07 Å². The van der Waals surface area contributed by atoms with Gasteiger partial charge in [0, 0.05) is 12.0 Å². The number of unbranched alkanes of at least 4 members (excludes halogenated alkanes) is 6. The third-order valence-electron chi connectivity index (χ3n) is 5.07. The summed E-state index contributed by atoms with van der Waals surface area (Å²) in [6, 6.07) is 11.8. The summed E-state index contributed by atoms with van der Waals surface area (Å²) in [6.45, 7) is 2.56. The van der Waals surface area contributed by atoms with Crippen molar-refractivity contribution in [3.63, 3.8) is 0 Å². The van der Waals surface area contributed by atoms with E-state index in [-0.39, 0.29) is 22.6 Å². The number of carbonyl (C=O) groups excluding carboxylic acids is 1. The number of ketones is 1. The predicted octanol–water partition coefficient (Wildman–Crippen LogP) is 5.91. The number of benzene rings is 2. The quantitative estimate of drug-likeness (QED) is 0.317. The molecule has 160 valence electrons. The summed E-state index contributed by atoms with van der Waals surface area (Å²) in [5.41, 5.74) is 0.971. The highest BCUT2D eigenvalue weighted by Crippen LogP contribution is 2.35. The minimum atomic E-state index is -0.411. The number of nitriles is 1. The van der Waals surface area contributed by atoms with E-state index in [9.17, 15) is 15.0 Å². The second-order valence-corrected chi connectivity index (χ2v) is 7.41. The third kappa shape index (κ3) is 6.52. The molecule has 2 N–H and O–H groups in total. The maximum Gasteiger partial charge on any atom is 0.200 e. The van der Waals surface area contributed by atoms with Crippen molar-refractivity contribution in [2.24, 2.45) is 0 Å². The van der Waals surface area contributed by atoms with E-state index < -0.39 is 5.78 Å². The van der Waals surface area contributed by atoms with E-state index in [1.165, 1.54) is 6.07 Å². The number of phenols is 2. The summed E-state index contributed by atoms with van der Waals surface area (Å²) in [5, 5.41) is 29.3. The fraction of sp³-hybridized carbons (Fsp3) is 0.440. The molecule has 0 saturated heterocycles. The lowest BCUT2D eigenvalue weighted by Gasteiger charge is -2.15. The Hall–Kier alpha value is -3.00. The largest absolute Gasteiger partial charge is 0.507 e. The Balaban J connectivity index is 1.99. The highest BCUT2D eigenvalue weighted by molar-refractivity contribution is 6.12. The topological polar surface area (TPSA) is 90.5 Å². The third-order valence-corrected chi connectivity index (χ3v) is 5.07. The normalized spacial score (nSPS) is 10.5. The van der Waals surface area contributed by atoms with Crippen LogP contribution >= 0.6 is 0 Å². The minimum Gasteiger partial charge on any atom is -0.507 e. The maximum atomic E-state index is 12.8. The molecular formula is C25H31NO4. The van der Waals surface area contributed by atoms with Crippen LogP contribution in [0.15, 0.2) is 36.4 Å². The number of aromatic hydroxyl groups is 2. The van der Waals surface area contributed by atoms with Gasteiger partial charge < -0.3 is 14.9 Å². The number of para-hydroxylation sites is 1. The van der Waals surface area contributed by atoms with Crippen molar-refractivity contribution in [1.29, 1.82) is 5.26 Å². The second kappa shape index (κ2) is 12.5. The number of nitrogens with zero attached hydrogens (tertiary/aromatic N) is 1. The van der Waals surface area contributed by atoms with Crippen molar-refractivity contribution in [3.05, 3.63) is 53.1 Å². The van der Waals surface area contributed by atoms with Crippen LogP contribution < -0.4 is 4.74 Å². The van der Waals surface area contributed by atoms with Gasteiger partial charge in [0.15, 0.2) is 5.78 Å². The SMILES string of the molecule is CCCc1c(OCCCCCCCCC#N)ccc(C(=O)c2ccccc2O)c1O. The van der Waals surface area contributed by atoms with Crippen LogP contribution in [0.2, 0.25) is 0 Å². The standard InChI is InChI=1S/C25H31NO4/c1-2-12-20-23(30-18-11-7-5-3-4-6-10-17-26)16-15-21(25(20)29)24(28)19-13-8-9-14-22(19)27/h8-9,13-16,27,29H,2-7,10-12,18H2,1H3. The van der Waals surface area contributed by atoms with E-state index >= 15 is 0 Å². The summed E-state index contributed by atoms with van der Waals surface area (Å²) < 4.78 is 5.92. The summed E-state index contributed by atoms with van der Waals surface area (Å²) in [4.78, 5) is 12.8. The first-order valence-corrected chi connectivity index (χ1v) is 10.8. The summed E-state index contributed by atoms with van der Waals surface area (Å²) >= 11 is 0. The minimum absolute atomic E-state index is 0.0694. The highest BCUT2D eigenvalue weighted by Gasteiger charge is 2.21.